The fourth-order valence-corrected chi connectivity index (χ4v) is 3.93. The van der Waals surface area contributed by atoms with Crippen molar-refractivity contribution in [3.8, 4) is 0 Å². The molecule has 2 fully saturated rings. The van der Waals surface area contributed by atoms with E-state index in [-0.39, 0.29) is 11.6 Å². The molecule has 130 valence electrons. The summed E-state index contributed by atoms with van der Waals surface area (Å²) in [5.74, 6) is 0.782. The van der Waals surface area contributed by atoms with Crippen molar-refractivity contribution in [1.82, 2.24) is 9.80 Å². The molecule has 6 nitrogen and oxygen atoms in total. The highest BCUT2D eigenvalue weighted by atomic mass is 16.6. The van der Waals surface area contributed by atoms with Gasteiger partial charge in [-0.25, -0.2) is 0 Å². The second-order valence-corrected chi connectivity index (χ2v) is 7.06. The number of amides is 1. The van der Waals surface area contributed by atoms with Crippen molar-refractivity contribution in [3.63, 3.8) is 0 Å². The molecule has 1 saturated carbocycles. The monoisotopic (exact) mass is 331 g/mol. The summed E-state index contributed by atoms with van der Waals surface area (Å²) in [7, 11) is 0. The summed E-state index contributed by atoms with van der Waals surface area (Å²) in [5, 5.41) is 10.7. The number of nitro benzene ring substituents is 1. The molecule has 0 bridgehead atoms. The topological polar surface area (TPSA) is 66.7 Å². The highest BCUT2D eigenvalue weighted by Gasteiger charge is 2.29. The second-order valence-electron chi connectivity index (χ2n) is 7.06. The molecule has 0 unspecified atom stereocenters. The Morgan fingerprint density at radius 3 is 2.38 bits per heavy atom. The van der Waals surface area contributed by atoms with Crippen LogP contribution >= 0.6 is 0 Å². The van der Waals surface area contributed by atoms with Crippen molar-refractivity contribution in [2.24, 2.45) is 5.92 Å². The van der Waals surface area contributed by atoms with Crippen LogP contribution in [0.2, 0.25) is 0 Å². The molecular formula is C18H25N3O3. The van der Waals surface area contributed by atoms with E-state index >= 15 is 0 Å². The molecule has 3 rings (SSSR count). The van der Waals surface area contributed by atoms with E-state index in [4.69, 9.17) is 0 Å². The average Bonchev–Trinajstić information content (AvgIpc) is 2.61. The number of non-ortho nitro benzene ring substituents is 1. The third kappa shape index (κ3) is 3.75. The summed E-state index contributed by atoms with van der Waals surface area (Å²) in [6.45, 7) is 5.66. The van der Waals surface area contributed by atoms with Crippen LogP contribution in [-0.4, -0.2) is 52.9 Å². The molecule has 6 heteroatoms. The molecule has 1 aromatic rings. The Hall–Kier alpha value is -1.95. The summed E-state index contributed by atoms with van der Waals surface area (Å²) >= 11 is 0. The summed E-state index contributed by atoms with van der Waals surface area (Å²) in [6, 6.07) is 6.57. The highest BCUT2D eigenvalue weighted by molar-refractivity contribution is 5.94. The van der Waals surface area contributed by atoms with Gasteiger partial charge in [0.25, 0.3) is 11.6 Å². The maximum absolute atomic E-state index is 12.6. The summed E-state index contributed by atoms with van der Waals surface area (Å²) in [6.07, 6.45) is 5.21. The highest BCUT2D eigenvalue weighted by Crippen LogP contribution is 2.28. The molecule has 2 atom stereocenters. The van der Waals surface area contributed by atoms with Crippen LogP contribution in [-0.2, 0) is 0 Å². The van der Waals surface area contributed by atoms with Gasteiger partial charge in [0, 0.05) is 49.9 Å². The predicted molar refractivity (Wildman–Crippen MR) is 92.0 cm³/mol. The first-order valence-corrected chi connectivity index (χ1v) is 8.82. The van der Waals surface area contributed by atoms with Gasteiger partial charge in [-0.1, -0.05) is 19.8 Å². The molecule has 1 heterocycles. The fraction of sp³-hybridized carbons (Fsp3) is 0.611. The lowest BCUT2D eigenvalue weighted by Gasteiger charge is -2.42. The lowest BCUT2D eigenvalue weighted by Crippen LogP contribution is -2.52. The van der Waals surface area contributed by atoms with E-state index in [0.717, 1.165) is 32.1 Å². The second kappa shape index (κ2) is 7.30. The molecule has 0 N–H and O–H groups in total. The zero-order valence-electron chi connectivity index (χ0n) is 14.2. The van der Waals surface area contributed by atoms with Gasteiger partial charge < -0.3 is 4.90 Å². The predicted octanol–water partition coefficient (Wildman–Crippen LogP) is 2.93. The lowest BCUT2D eigenvalue weighted by molar-refractivity contribution is -0.384. The Morgan fingerprint density at radius 1 is 1.12 bits per heavy atom. The quantitative estimate of drug-likeness (QED) is 0.631. The Kier molecular flexibility index (Phi) is 5.14. The van der Waals surface area contributed by atoms with Crippen molar-refractivity contribution < 1.29 is 9.72 Å². The van der Waals surface area contributed by atoms with Crippen LogP contribution in [0.3, 0.4) is 0 Å². The molecular weight excluding hydrogens is 306 g/mol. The minimum Gasteiger partial charge on any atom is -0.336 e. The number of carbonyl (C=O) groups is 1. The van der Waals surface area contributed by atoms with Crippen molar-refractivity contribution >= 4 is 11.6 Å². The molecule has 1 amide bonds. The molecule has 1 aliphatic carbocycles. The number of nitrogens with zero attached hydrogens (tertiary/aromatic N) is 3. The van der Waals surface area contributed by atoms with E-state index in [1.807, 2.05) is 4.90 Å². The number of piperazine rings is 1. The largest absolute Gasteiger partial charge is 0.336 e. The van der Waals surface area contributed by atoms with Crippen molar-refractivity contribution in [2.75, 3.05) is 26.2 Å². The van der Waals surface area contributed by atoms with E-state index in [0.29, 0.717) is 11.6 Å². The lowest BCUT2D eigenvalue weighted by atomic mass is 9.86. The van der Waals surface area contributed by atoms with E-state index in [1.165, 1.54) is 37.8 Å². The molecule has 0 aromatic heterocycles. The molecule has 1 aliphatic heterocycles. The van der Waals surface area contributed by atoms with E-state index in [1.54, 1.807) is 12.1 Å². The number of hydrogen-bond donors (Lipinski definition) is 0. The van der Waals surface area contributed by atoms with Gasteiger partial charge >= 0.3 is 0 Å². The van der Waals surface area contributed by atoms with Crippen LogP contribution < -0.4 is 0 Å². The first kappa shape index (κ1) is 16.9. The van der Waals surface area contributed by atoms with Gasteiger partial charge in [0.1, 0.15) is 0 Å². The van der Waals surface area contributed by atoms with Crippen LogP contribution in [0, 0.1) is 16.0 Å². The third-order valence-corrected chi connectivity index (χ3v) is 5.35. The van der Waals surface area contributed by atoms with Gasteiger partial charge in [0.2, 0.25) is 0 Å². The number of nitro groups is 1. The van der Waals surface area contributed by atoms with E-state index in [2.05, 4.69) is 11.8 Å². The normalized spacial score (nSPS) is 25.5. The van der Waals surface area contributed by atoms with Crippen molar-refractivity contribution in [1.29, 1.82) is 0 Å². The van der Waals surface area contributed by atoms with Crippen LogP contribution in [0.25, 0.3) is 0 Å². The SMILES string of the molecule is C[C@@H]1CCC[C@@H](N2CCN(C(=O)c3ccc([N+](=O)[O-])cc3)CC2)C1. The molecule has 2 aliphatic rings. The maximum atomic E-state index is 12.6. The summed E-state index contributed by atoms with van der Waals surface area (Å²) in [4.78, 5) is 27.2. The third-order valence-electron chi connectivity index (χ3n) is 5.35. The number of hydrogen-bond acceptors (Lipinski definition) is 4. The van der Waals surface area contributed by atoms with Crippen LogP contribution in [0.15, 0.2) is 24.3 Å². The van der Waals surface area contributed by atoms with Crippen LogP contribution in [0.4, 0.5) is 5.69 Å². The van der Waals surface area contributed by atoms with Gasteiger partial charge in [-0.2, -0.15) is 0 Å². The first-order chi connectivity index (χ1) is 11.5. The standard InChI is InChI=1S/C18H25N3O3/c1-14-3-2-4-17(13-14)19-9-11-20(12-10-19)18(22)15-5-7-16(8-6-15)21(23)24/h5-8,14,17H,2-4,9-13H2,1H3/t14-,17-/m1/s1. The van der Waals surface area contributed by atoms with Gasteiger partial charge in [-0.05, 0) is 30.9 Å². The Labute approximate surface area is 142 Å². The number of rotatable bonds is 3. The van der Waals surface area contributed by atoms with Gasteiger partial charge in [0.15, 0.2) is 0 Å². The molecule has 0 spiro atoms. The van der Waals surface area contributed by atoms with Crippen molar-refractivity contribution in [3.05, 3.63) is 39.9 Å². The first-order valence-electron chi connectivity index (χ1n) is 8.82. The minimum absolute atomic E-state index is 0.0165. The Bertz CT molecular complexity index is 594. The summed E-state index contributed by atoms with van der Waals surface area (Å²) < 4.78 is 0. The van der Waals surface area contributed by atoms with Crippen LogP contribution in [0.5, 0.6) is 0 Å². The van der Waals surface area contributed by atoms with E-state index in [9.17, 15) is 14.9 Å². The Morgan fingerprint density at radius 2 is 1.79 bits per heavy atom. The molecule has 1 saturated heterocycles. The van der Waals surface area contributed by atoms with Gasteiger partial charge in [-0.15, -0.1) is 0 Å². The van der Waals surface area contributed by atoms with Crippen LogP contribution in [0.1, 0.15) is 43.0 Å². The van der Waals surface area contributed by atoms with Crippen molar-refractivity contribution in [2.45, 2.75) is 38.6 Å². The maximum Gasteiger partial charge on any atom is 0.269 e. The summed E-state index contributed by atoms with van der Waals surface area (Å²) in [5.41, 5.74) is 0.545. The average molecular weight is 331 g/mol. The van der Waals surface area contributed by atoms with Gasteiger partial charge in [0.05, 0.1) is 4.92 Å². The zero-order valence-corrected chi connectivity index (χ0v) is 14.2. The molecule has 1 aromatic carbocycles. The number of carbonyl (C=O) groups excluding carboxylic acids is 1. The number of benzene rings is 1. The zero-order chi connectivity index (χ0) is 17.1. The minimum atomic E-state index is -0.446. The fourth-order valence-electron chi connectivity index (χ4n) is 3.93. The van der Waals surface area contributed by atoms with Gasteiger partial charge in [-0.3, -0.25) is 19.8 Å². The smallest absolute Gasteiger partial charge is 0.269 e. The molecule has 0 radical (unpaired) electrons. The van der Waals surface area contributed by atoms with E-state index < -0.39 is 4.92 Å². The Balaban J connectivity index is 1.55. The molecule has 24 heavy (non-hydrogen) atoms.